The zero-order chi connectivity index (χ0) is 10.6. The Balaban J connectivity index is 2.20. The van der Waals surface area contributed by atoms with Crippen molar-refractivity contribution in [1.82, 2.24) is 5.32 Å². The lowest BCUT2D eigenvalue weighted by molar-refractivity contribution is -0.126. The summed E-state index contributed by atoms with van der Waals surface area (Å²) in [7, 11) is 1.65. The normalized spacial score (nSPS) is 20.2. The van der Waals surface area contributed by atoms with E-state index < -0.39 is 5.54 Å². The van der Waals surface area contributed by atoms with Crippen molar-refractivity contribution in [3.8, 4) is 0 Å². The van der Waals surface area contributed by atoms with Crippen LogP contribution in [0.1, 0.15) is 26.2 Å². The van der Waals surface area contributed by atoms with Crippen LogP contribution >= 0.6 is 0 Å². The SMILES string of the molecule is COCCCNC(=O)C(C)(N)C1CC1. The molecule has 0 aromatic heterocycles. The van der Waals surface area contributed by atoms with Gasteiger partial charge in [-0.15, -0.1) is 0 Å². The molecule has 4 heteroatoms. The summed E-state index contributed by atoms with van der Waals surface area (Å²) in [6.45, 7) is 3.13. The van der Waals surface area contributed by atoms with E-state index in [9.17, 15) is 4.79 Å². The number of methoxy groups -OCH3 is 1. The Hall–Kier alpha value is -0.610. The van der Waals surface area contributed by atoms with E-state index in [-0.39, 0.29) is 5.91 Å². The number of nitrogens with one attached hydrogen (secondary N) is 1. The highest BCUT2D eigenvalue weighted by Gasteiger charge is 2.43. The molecule has 3 N–H and O–H groups in total. The fourth-order valence-corrected chi connectivity index (χ4v) is 1.48. The minimum absolute atomic E-state index is 0.0314. The first kappa shape index (κ1) is 11.5. The van der Waals surface area contributed by atoms with Crippen molar-refractivity contribution in [3.05, 3.63) is 0 Å². The summed E-state index contributed by atoms with van der Waals surface area (Å²) in [5, 5.41) is 2.84. The third-order valence-corrected chi connectivity index (χ3v) is 2.73. The lowest BCUT2D eigenvalue weighted by Crippen LogP contribution is -2.53. The molecule has 0 aromatic carbocycles. The Labute approximate surface area is 85.2 Å². The van der Waals surface area contributed by atoms with E-state index >= 15 is 0 Å². The highest BCUT2D eigenvalue weighted by atomic mass is 16.5. The number of ether oxygens (including phenoxy) is 1. The average molecular weight is 200 g/mol. The zero-order valence-corrected chi connectivity index (χ0v) is 9.01. The maximum Gasteiger partial charge on any atom is 0.240 e. The van der Waals surface area contributed by atoms with Crippen LogP contribution in [0, 0.1) is 5.92 Å². The quantitative estimate of drug-likeness (QED) is 0.605. The molecule has 1 aliphatic carbocycles. The zero-order valence-electron chi connectivity index (χ0n) is 9.01. The molecule has 0 saturated heterocycles. The molecule has 1 aliphatic rings. The van der Waals surface area contributed by atoms with Gasteiger partial charge in [-0.1, -0.05) is 0 Å². The lowest BCUT2D eigenvalue weighted by atomic mass is 9.96. The fraction of sp³-hybridized carbons (Fsp3) is 0.900. The predicted molar refractivity (Wildman–Crippen MR) is 54.8 cm³/mol. The van der Waals surface area contributed by atoms with E-state index in [1.807, 2.05) is 6.92 Å². The summed E-state index contributed by atoms with van der Waals surface area (Å²) in [6, 6.07) is 0. The molecule has 1 rings (SSSR count). The molecule has 1 fully saturated rings. The van der Waals surface area contributed by atoms with Crippen molar-refractivity contribution in [2.24, 2.45) is 11.7 Å². The molecule has 1 amide bonds. The number of rotatable bonds is 6. The molecular weight excluding hydrogens is 180 g/mol. The van der Waals surface area contributed by atoms with Gasteiger partial charge >= 0.3 is 0 Å². The van der Waals surface area contributed by atoms with Crippen LogP contribution in [0.3, 0.4) is 0 Å². The van der Waals surface area contributed by atoms with Crippen molar-refractivity contribution in [2.75, 3.05) is 20.3 Å². The first-order valence-corrected chi connectivity index (χ1v) is 5.15. The molecule has 0 aromatic rings. The van der Waals surface area contributed by atoms with E-state index in [0.717, 1.165) is 19.3 Å². The van der Waals surface area contributed by atoms with E-state index in [0.29, 0.717) is 19.1 Å². The van der Waals surface area contributed by atoms with Crippen LogP contribution in [0.5, 0.6) is 0 Å². The van der Waals surface area contributed by atoms with Gasteiger partial charge in [0, 0.05) is 20.3 Å². The maximum atomic E-state index is 11.6. The van der Waals surface area contributed by atoms with Gasteiger partial charge in [-0.2, -0.15) is 0 Å². The largest absolute Gasteiger partial charge is 0.385 e. The van der Waals surface area contributed by atoms with Crippen LogP contribution in [0.15, 0.2) is 0 Å². The van der Waals surface area contributed by atoms with Crippen molar-refractivity contribution >= 4 is 5.91 Å². The van der Waals surface area contributed by atoms with Crippen molar-refractivity contribution in [2.45, 2.75) is 31.7 Å². The summed E-state index contributed by atoms with van der Waals surface area (Å²) >= 11 is 0. The number of carbonyl (C=O) groups is 1. The van der Waals surface area contributed by atoms with E-state index in [4.69, 9.17) is 10.5 Å². The van der Waals surface area contributed by atoms with Gasteiger partial charge < -0.3 is 15.8 Å². The summed E-state index contributed by atoms with van der Waals surface area (Å²) < 4.78 is 4.89. The van der Waals surface area contributed by atoms with E-state index in [1.54, 1.807) is 7.11 Å². The first-order valence-electron chi connectivity index (χ1n) is 5.15. The molecule has 4 nitrogen and oxygen atoms in total. The van der Waals surface area contributed by atoms with Crippen LogP contribution in [0.2, 0.25) is 0 Å². The van der Waals surface area contributed by atoms with Gasteiger partial charge in [-0.25, -0.2) is 0 Å². The van der Waals surface area contributed by atoms with Crippen molar-refractivity contribution < 1.29 is 9.53 Å². The molecule has 82 valence electrons. The molecule has 0 radical (unpaired) electrons. The minimum atomic E-state index is -0.674. The summed E-state index contributed by atoms with van der Waals surface area (Å²) in [5.41, 5.74) is 5.26. The van der Waals surface area contributed by atoms with Crippen LogP contribution in [0.25, 0.3) is 0 Å². The molecule has 1 atom stereocenters. The third-order valence-electron chi connectivity index (χ3n) is 2.73. The fourth-order valence-electron chi connectivity index (χ4n) is 1.48. The Morgan fingerprint density at radius 1 is 1.64 bits per heavy atom. The van der Waals surface area contributed by atoms with Gasteiger partial charge in [-0.3, -0.25) is 4.79 Å². The van der Waals surface area contributed by atoms with Crippen LogP contribution in [0.4, 0.5) is 0 Å². The second-order valence-corrected chi connectivity index (χ2v) is 4.16. The topological polar surface area (TPSA) is 64.3 Å². The highest BCUT2D eigenvalue weighted by Crippen LogP contribution is 2.37. The van der Waals surface area contributed by atoms with Gasteiger partial charge in [0.25, 0.3) is 0 Å². The molecule has 14 heavy (non-hydrogen) atoms. The standard InChI is InChI=1S/C10H20N2O2/c1-10(11,8-4-5-8)9(13)12-6-3-7-14-2/h8H,3-7,11H2,1-2H3,(H,12,13). The molecule has 0 bridgehead atoms. The Kier molecular flexibility index (Phi) is 3.89. The third kappa shape index (κ3) is 2.96. The lowest BCUT2D eigenvalue weighted by Gasteiger charge is -2.23. The number of carbonyl (C=O) groups excluding carboxylic acids is 1. The molecular formula is C10H20N2O2. The average Bonchev–Trinajstić information content (AvgIpc) is 2.94. The Bertz CT molecular complexity index is 200. The number of hydrogen-bond donors (Lipinski definition) is 2. The number of hydrogen-bond acceptors (Lipinski definition) is 3. The Morgan fingerprint density at radius 3 is 2.79 bits per heavy atom. The predicted octanol–water partition coefficient (Wildman–Crippen LogP) is 0.267. The molecule has 0 heterocycles. The summed E-state index contributed by atoms with van der Waals surface area (Å²) in [4.78, 5) is 11.6. The van der Waals surface area contributed by atoms with Crippen LogP contribution in [-0.4, -0.2) is 31.7 Å². The first-order chi connectivity index (χ1) is 6.59. The van der Waals surface area contributed by atoms with Gasteiger partial charge in [0.1, 0.15) is 0 Å². The van der Waals surface area contributed by atoms with Gasteiger partial charge in [0.05, 0.1) is 5.54 Å². The van der Waals surface area contributed by atoms with E-state index in [1.165, 1.54) is 0 Å². The summed E-state index contributed by atoms with van der Waals surface area (Å²) in [5.74, 6) is 0.348. The second-order valence-electron chi connectivity index (χ2n) is 4.16. The number of amides is 1. The number of nitrogens with two attached hydrogens (primary N) is 1. The van der Waals surface area contributed by atoms with Crippen LogP contribution in [-0.2, 0) is 9.53 Å². The second kappa shape index (κ2) is 4.75. The molecule has 1 unspecified atom stereocenters. The summed E-state index contributed by atoms with van der Waals surface area (Å²) in [6.07, 6.45) is 3.00. The van der Waals surface area contributed by atoms with Gasteiger partial charge in [0.15, 0.2) is 0 Å². The molecule has 1 saturated carbocycles. The molecule has 0 spiro atoms. The highest BCUT2D eigenvalue weighted by molar-refractivity contribution is 5.86. The van der Waals surface area contributed by atoms with Crippen molar-refractivity contribution in [1.29, 1.82) is 0 Å². The smallest absolute Gasteiger partial charge is 0.240 e. The maximum absolute atomic E-state index is 11.6. The van der Waals surface area contributed by atoms with Gasteiger partial charge in [0.2, 0.25) is 5.91 Å². The van der Waals surface area contributed by atoms with E-state index in [2.05, 4.69) is 5.32 Å². The van der Waals surface area contributed by atoms with Gasteiger partial charge in [-0.05, 0) is 32.1 Å². The van der Waals surface area contributed by atoms with Crippen molar-refractivity contribution in [3.63, 3.8) is 0 Å². The monoisotopic (exact) mass is 200 g/mol. The minimum Gasteiger partial charge on any atom is -0.385 e. The molecule has 0 aliphatic heterocycles. The van der Waals surface area contributed by atoms with Crippen LogP contribution < -0.4 is 11.1 Å². The Morgan fingerprint density at radius 2 is 2.29 bits per heavy atom.